The van der Waals surface area contributed by atoms with Crippen molar-refractivity contribution >= 4 is 85.5 Å². The van der Waals surface area contributed by atoms with Gasteiger partial charge in [0.15, 0.2) is 0 Å². The number of phenols is 2. The number of aromatic hydroxyl groups is 2. The zero-order valence-corrected chi connectivity index (χ0v) is 14.5. The van der Waals surface area contributed by atoms with E-state index >= 15 is 0 Å². The van der Waals surface area contributed by atoms with Gasteiger partial charge in [-0.3, -0.25) is 4.79 Å². The Kier molecular flexibility index (Phi) is 4.39. The molecule has 0 aromatic heterocycles. The molecule has 0 aliphatic carbocycles. The maximum absolute atomic E-state index is 11.5. The van der Waals surface area contributed by atoms with E-state index in [-0.39, 0.29) is 17.4 Å². The average molecular weight is 505 g/mol. The second-order valence-electron chi connectivity index (χ2n) is 3.31. The summed E-state index contributed by atoms with van der Waals surface area (Å²) in [6.07, 6.45) is 1.55. The predicted octanol–water partition coefficient (Wildman–Crippen LogP) is 2.80. The van der Waals surface area contributed by atoms with Gasteiger partial charge in [0.2, 0.25) is 0 Å². The van der Waals surface area contributed by atoms with Crippen molar-refractivity contribution in [3.63, 3.8) is 0 Å². The van der Waals surface area contributed by atoms with E-state index in [1.807, 2.05) is 45.2 Å². The molecule has 1 aromatic rings. The van der Waals surface area contributed by atoms with Crippen LogP contribution >= 0.6 is 69.2 Å². The van der Waals surface area contributed by atoms with Crippen molar-refractivity contribution in [2.75, 3.05) is 0 Å². The summed E-state index contributed by atoms with van der Waals surface area (Å²) < 4.78 is 1.36. The highest BCUT2D eigenvalue weighted by atomic mass is 127. The number of thioether (sulfide) groups is 1. The minimum absolute atomic E-state index is 0.0369. The van der Waals surface area contributed by atoms with Crippen LogP contribution in [0, 0.1) is 7.14 Å². The number of thiocarbonyl (C=S) groups is 1. The lowest BCUT2D eigenvalue weighted by molar-refractivity contribution is -0.115. The third-order valence-electron chi connectivity index (χ3n) is 2.13. The molecule has 3 N–H and O–H groups in total. The van der Waals surface area contributed by atoms with Gasteiger partial charge in [0.1, 0.15) is 15.8 Å². The monoisotopic (exact) mass is 505 g/mol. The lowest BCUT2D eigenvalue weighted by Gasteiger charge is -2.07. The van der Waals surface area contributed by atoms with E-state index in [0.717, 1.165) is 11.8 Å². The van der Waals surface area contributed by atoms with Crippen molar-refractivity contribution in [2.24, 2.45) is 0 Å². The van der Waals surface area contributed by atoms with Gasteiger partial charge in [-0.15, -0.1) is 0 Å². The van der Waals surface area contributed by atoms with Gasteiger partial charge in [0.05, 0.1) is 12.0 Å². The van der Waals surface area contributed by atoms with E-state index < -0.39 is 0 Å². The molecule has 1 amide bonds. The summed E-state index contributed by atoms with van der Waals surface area (Å²) in [5.41, 5.74) is 0.476. The van der Waals surface area contributed by atoms with Gasteiger partial charge in [-0.05, 0) is 57.3 Å². The summed E-state index contributed by atoms with van der Waals surface area (Å²) in [6.45, 7) is 0. The molecule has 8 heteroatoms. The molecule has 0 spiro atoms. The van der Waals surface area contributed by atoms with E-state index in [4.69, 9.17) is 12.2 Å². The van der Waals surface area contributed by atoms with Crippen LogP contribution < -0.4 is 5.32 Å². The van der Waals surface area contributed by atoms with Crippen molar-refractivity contribution in [3.05, 3.63) is 23.7 Å². The van der Waals surface area contributed by atoms with E-state index in [9.17, 15) is 15.0 Å². The van der Waals surface area contributed by atoms with Crippen LogP contribution in [0.5, 0.6) is 11.5 Å². The normalized spacial score (nSPS) is 17.3. The highest BCUT2D eigenvalue weighted by Crippen LogP contribution is 2.38. The molecular weight excluding hydrogens is 500 g/mol. The molecule has 94 valence electrons. The fourth-order valence-electron chi connectivity index (χ4n) is 1.29. The van der Waals surface area contributed by atoms with Crippen LogP contribution in [0.4, 0.5) is 0 Å². The summed E-state index contributed by atoms with van der Waals surface area (Å²) in [5.74, 6) is -0.287. The Hall–Kier alpha value is -0.0700. The summed E-state index contributed by atoms with van der Waals surface area (Å²) >= 11 is 9.83. The number of hydrogen-bond donors (Lipinski definition) is 3. The maximum atomic E-state index is 11.5. The number of carbonyl (C=O) groups excluding carboxylic acids is 1. The largest absolute Gasteiger partial charge is 0.506 e. The predicted molar refractivity (Wildman–Crippen MR) is 91.5 cm³/mol. The average Bonchev–Trinajstić information content (AvgIpc) is 2.62. The molecule has 2 rings (SSSR count). The summed E-state index contributed by atoms with van der Waals surface area (Å²) in [5, 5.41) is 22.1. The third-order valence-corrected chi connectivity index (χ3v) is 5.13. The van der Waals surface area contributed by atoms with Crippen LogP contribution in [0.15, 0.2) is 11.0 Å². The van der Waals surface area contributed by atoms with E-state index in [1.165, 1.54) is 0 Å². The number of hydrogen-bond acceptors (Lipinski definition) is 5. The molecule has 1 fully saturated rings. The fraction of sp³-hybridized carbons (Fsp3) is 0. The third kappa shape index (κ3) is 2.75. The Morgan fingerprint density at radius 2 is 2.00 bits per heavy atom. The molecule has 4 nitrogen and oxygen atoms in total. The van der Waals surface area contributed by atoms with Gasteiger partial charge in [0, 0.05) is 5.56 Å². The topological polar surface area (TPSA) is 69.6 Å². The minimum Gasteiger partial charge on any atom is -0.506 e. The second kappa shape index (κ2) is 5.51. The van der Waals surface area contributed by atoms with E-state index in [1.54, 1.807) is 12.1 Å². The van der Waals surface area contributed by atoms with Gasteiger partial charge in [-0.1, -0.05) is 24.0 Å². The molecule has 1 aromatic carbocycles. The van der Waals surface area contributed by atoms with Crippen LogP contribution in [-0.4, -0.2) is 20.4 Å². The highest BCUT2D eigenvalue weighted by Gasteiger charge is 2.23. The zero-order chi connectivity index (χ0) is 13.4. The van der Waals surface area contributed by atoms with Crippen molar-refractivity contribution in [1.82, 2.24) is 5.32 Å². The first kappa shape index (κ1) is 14.3. The van der Waals surface area contributed by atoms with E-state index in [2.05, 4.69) is 5.32 Å². The maximum Gasteiger partial charge on any atom is 0.263 e. The Labute approximate surface area is 140 Å². The van der Waals surface area contributed by atoms with Crippen LogP contribution in [0.25, 0.3) is 6.08 Å². The molecule has 0 radical (unpaired) electrons. The fourth-order valence-corrected chi connectivity index (χ4v) is 4.05. The molecule has 0 bridgehead atoms. The van der Waals surface area contributed by atoms with Crippen LogP contribution in [0.3, 0.4) is 0 Å². The Morgan fingerprint density at radius 1 is 1.33 bits per heavy atom. The number of rotatable bonds is 1. The van der Waals surface area contributed by atoms with Crippen molar-refractivity contribution in [2.45, 2.75) is 0 Å². The van der Waals surface area contributed by atoms with Crippen LogP contribution in [0.2, 0.25) is 0 Å². The van der Waals surface area contributed by atoms with Crippen LogP contribution in [0.1, 0.15) is 5.56 Å². The SMILES string of the molecule is O=C1NC(=S)S/C1=C/c1cc(I)c(O)c(I)c1O. The number of nitrogens with one attached hydrogen (secondary N) is 1. The lowest BCUT2D eigenvalue weighted by Crippen LogP contribution is -2.17. The van der Waals surface area contributed by atoms with Gasteiger partial charge >= 0.3 is 0 Å². The number of halogens is 2. The summed E-state index contributed by atoms with van der Waals surface area (Å²) in [4.78, 5) is 11.9. The molecule has 18 heavy (non-hydrogen) atoms. The number of phenolic OH excluding ortho intramolecular Hbond substituents is 2. The molecule has 1 heterocycles. The Bertz CT molecular complexity index is 601. The Morgan fingerprint density at radius 3 is 2.56 bits per heavy atom. The smallest absolute Gasteiger partial charge is 0.263 e. The van der Waals surface area contributed by atoms with Crippen molar-refractivity contribution in [1.29, 1.82) is 0 Å². The van der Waals surface area contributed by atoms with Gasteiger partial charge < -0.3 is 15.5 Å². The van der Waals surface area contributed by atoms with Gasteiger partial charge in [-0.25, -0.2) is 0 Å². The van der Waals surface area contributed by atoms with E-state index in [0.29, 0.717) is 21.9 Å². The summed E-state index contributed by atoms with van der Waals surface area (Å²) in [7, 11) is 0. The second-order valence-corrected chi connectivity index (χ2v) is 7.27. The quantitative estimate of drug-likeness (QED) is 0.312. The zero-order valence-electron chi connectivity index (χ0n) is 8.53. The van der Waals surface area contributed by atoms with Crippen LogP contribution in [-0.2, 0) is 4.79 Å². The standard InChI is InChI=1S/C10H5I2NO3S2/c11-4-1-3(7(14)6(12)8(4)15)2-5-9(16)13-10(17)18-5/h1-2,14-15H,(H,13,16,17)/b5-2+. The van der Waals surface area contributed by atoms with Gasteiger partial charge in [0.25, 0.3) is 5.91 Å². The number of benzene rings is 1. The molecule has 0 atom stereocenters. The first-order valence-electron chi connectivity index (χ1n) is 4.55. The molecule has 0 saturated carbocycles. The number of amides is 1. The first-order chi connectivity index (χ1) is 8.40. The molecule has 0 unspecified atom stereocenters. The molecular formula is C10H5I2NO3S2. The summed E-state index contributed by atoms with van der Waals surface area (Å²) in [6, 6.07) is 1.61. The van der Waals surface area contributed by atoms with Gasteiger partial charge in [-0.2, -0.15) is 0 Å². The lowest BCUT2D eigenvalue weighted by atomic mass is 10.1. The highest BCUT2D eigenvalue weighted by molar-refractivity contribution is 14.1. The molecule has 1 aliphatic heterocycles. The minimum atomic E-state index is -0.275. The van der Waals surface area contributed by atoms with Crippen molar-refractivity contribution in [3.8, 4) is 11.5 Å². The Balaban J connectivity index is 2.50. The molecule has 1 aliphatic rings. The molecule has 1 saturated heterocycles. The van der Waals surface area contributed by atoms with Crippen molar-refractivity contribution < 1.29 is 15.0 Å². The number of carbonyl (C=O) groups is 1. The first-order valence-corrected chi connectivity index (χ1v) is 7.93.